The fourth-order valence-corrected chi connectivity index (χ4v) is 3.19. The zero-order valence-electron chi connectivity index (χ0n) is 13.1. The fourth-order valence-electron chi connectivity index (χ4n) is 3.19. The standard InChI is InChI=1S/C16H25N3O2/c1-4-12-7-5-6-8-13(12)21-16-14(15(17)19-20)10(2)9-11(3)18-16/h9,12-13,20H,4-8H2,1-3H3,(H2,17,19). The van der Waals surface area contributed by atoms with Crippen LogP contribution >= 0.6 is 0 Å². The van der Waals surface area contributed by atoms with Crippen LogP contribution in [0.2, 0.25) is 0 Å². The van der Waals surface area contributed by atoms with Gasteiger partial charge >= 0.3 is 0 Å². The monoisotopic (exact) mass is 291 g/mol. The first-order valence-electron chi connectivity index (χ1n) is 7.69. The number of hydrogen-bond donors (Lipinski definition) is 2. The molecule has 5 heteroatoms. The third kappa shape index (κ3) is 3.46. The van der Waals surface area contributed by atoms with Gasteiger partial charge in [0.05, 0.1) is 5.56 Å². The summed E-state index contributed by atoms with van der Waals surface area (Å²) in [5, 5.41) is 12.1. The Hall–Kier alpha value is -1.78. The summed E-state index contributed by atoms with van der Waals surface area (Å²) in [6, 6.07) is 1.92. The smallest absolute Gasteiger partial charge is 0.225 e. The van der Waals surface area contributed by atoms with E-state index in [1.165, 1.54) is 19.3 Å². The summed E-state index contributed by atoms with van der Waals surface area (Å²) in [5.41, 5.74) is 8.19. The van der Waals surface area contributed by atoms with Crippen LogP contribution in [-0.4, -0.2) is 22.1 Å². The molecule has 0 spiro atoms. The topological polar surface area (TPSA) is 80.7 Å². The quantitative estimate of drug-likeness (QED) is 0.386. The largest absolute Gasteiger partial charge is 0.474 e. The van der Waals surface area contributed by atoms with E-state index in [0.29, 0.717) is 17.4 Å². The Bertz CT molecular complexity index is 528. The molecular weight excluding hydrogens is 266 g/mol. The molecule has 1 saturated carbocycles. The molecule has 21 heavy (non-hydrogen) atoms. The van der Waals surface area contributed by atoms with E-state index < -0.39 is 0 Å². The fraction of sp³-hybridized carbons (Fsp3) is 0.625. The van der Waals surface area contributed by atoms with Crippen molar-refractivity contribution >= 4 is 5.84 Å². The summed E-state index contributed by atoms with van der Waals surface area (Å²) in [5.74, 6) is 1.11. The molecule has 1 aliphatic rings. The van der Waals surface area contributed by atoms with Gasteiger partial charge in [-0.05, 0) is 57.1 Å². The Morgan fingerprint density at radius 3 is 2.81 bits per heavy atom. The first-order chi connectivity index (χ1) is 10.1. The number of nitrogens with zero attached hydrogens (tertiary/aromatic N) is 2. The average molecular weight is 291 g/mol. The van der Waals surface area contributed by atoms with Crippen molar-refractivity contribution in [2.45, 2.75) is 59.0 Å². The maximum Gasteiger partial charge on any atom is 0.225 e. The summed E-state index contributed by atoms with van der Waals surface area (Å²) in [7, 11) is 0. The van der Waals surface area contributed by atoms with Gasteiger partial charge in [0.15, 0.2) is 5.84 Å². The zero-order chi connectivity index (χ0) is 15.4. The van der Waals surface area contributed by atoms with Gasteiger partial charge in [-0.3, -0.25) is 0 Å². The minimum absolute atomic E-state index is 0.0545. The molecular formula is C16H25N3O2. The zero-order valence-corrected chi connectivity index (χ0v) is 13.1. The number of ether oxygens (including phenoxy) is 1. The highest BCUT2D eigenvalue weighted by Gasteiger charge is 2.27. The molecule has 3 N–H and O–H groups in total. The van der Waals surface area contributed by atoms with Gasteiger partial charge in [0.25, 0.3) is 0 Å². The van der Waals surface area contributed by atoms with E-state index >= 15 is 0 Å². The van der Waals surface area contributed by atoms with E-state index in [0.717, 1.165) is 24.1 Å². The molecule has 1 fully saturated rings. The van der Waals surface area contributed by atoms with Crippen molar-refractivity contribution in [3.8, 4) is 5.88 Å². The molecule has 1 heterocycles. The molecule has 1 aromatic heterocycles. The molecule has 116 valence electrons. The normalized spacial score (nSPS) is 23.1. The second kappa shape index (κ2) is 6.78. The highest BCUT2D eigenvalue weighted by Crippen LogP contribution is 2.31. The molecule has 1 aromatic rings. The Balaban J connectivity index is 2.34. The number of aromatic nitrogens is 1. The van der Waals surface area contributed by atoms with Crippen LogP contribution in [0.25, 0.3) is 0 Å². The van der Waals surface area contributed by atoms with Crippen molar-refractivity contribution in [3.05, 3.63) is 22.9 Å². The van der Waals surface area contributed by atoms with Crippen LogP contribution in [0, 0.1) is 19.8 Å². The summed E-state index contributed by atoms with van der Waals surface area (Å²) in [4.78, 5) is 4.47. The maximum atomic E-state index is 8.99. The van der Waals surface area contributed by atoms with Crippen molar-refractivity contribution in [3.63, 3.8) is 0 Å². The molecule has 0 aromatic carbocycles. The molecule has 0 aliphatic heterocycles. The predicted octanol–water partition coefficient (Wildman–Crippen LogP) is 3.14. The number of rotatable bonds is 4. The van der Waals surface area contributed by atoms with Crippen LogP contribution < -0.4 is 10.5 Å². The first kappa shape index (κ1) is 15.6. The molecule has 0 radical (unpaired) electrons. The summed E-state index contributed by atoms with van der Waals surface area (Å²) < 4.78 is 6.19. The van der Waals surface area contributed by atoms with E-state index in [9.17, 15) is 0 Å². The summed E-state index contributed by atoms with van der Waals surface area (Å²) >= 11 is 0. The highest BCUT2D eigenvalue weighted by atomic mass is 16.5. The van der Waals surface area contributed by atoms with Crippen molar-refractivity contribution in [1.82, 2.24) is 4.98 Å². The van der Waals surface area contributed by atoms with Crippen molar-refractivity contribution in [2.24, 2.45) is 16.8 Å². The van der Waals surface area contributed by atoms with Crippen LogP contribution in [0.15, 0.2) is 11.2 Å². The Labute approximate surface area is 126 Å². The lowest BCUT2D eigenvalue weighted by Gasteiger charge is -2.31. The van der Waals surface area contributed by atoms with Gasteiger partial charge < -0.3 is 15.7 Å². The maximum absolute atomic E-state index is 8.99. The number of oxime groups is 1. The first-order valence-corrected chi connectivity index (χ1v) is 7.69. The lowest BCUT2D eigenvalue weighted by Crippen LogP contribution is -2.31. The van der Waals surface area contributed by atoms with Crippen molar-refractivity contribution in [2.75, 3.05) is 0 Å². The van der Waals surface area contributed by atoms with E-state index in [1.807, 2.05) is 19.9 Å². The number of amidine groups is 1. The molecule has 1 aliphatic carbocycles. The van der Waals surface area contributed by atoms with Crippen molar-refractivity contribution < 1.29 is 9.94 Å². The van der Waals surface area contributed by atoms with E-state index in [4.69, 9.17) is 15.7 Å². The van der Waals surface area contributed by atoms with Gasteiger partial charge in [0.1, 0.15) is 6.10 Å². The molecule has 2 atom stereocenters. The van der Waals surface area contributed by atoms with Crippen LogP contribution in [0.5, 0.6) is 5.88 Å². The van der Waals surface area contributed by atoms with E-state index in [2.05, 4.69) is 17.1 Å². The summed E-state index contributed by atoms with van der Waals surface area (Å²) in [6.45, 7) is 6.05. The molecule has 0 saturated heterocycles. The third-order valence-electron chi connectivity index (χ3n) is 4.30. The lowest BCUT2D eigenvalue weighted by molar-refractivity contribution is 0.0854. The number of pyridine rings is 1. The highest BCUT2D eigenvalue weighted by molar-refractivity contribution is 6.00. The number of aryl methyl sites for hydroxylation is 2. The van der Waals surface area contributed by atoms with Crippen LogP contribution in [-0.2, 0) is 0 Å². The van der Waals surface area contributed by atoms with E-state index in [-0.39, 0.29) is 11.9 Å². The van der Waals surface area contributed by atoms with Crippen LogP contribution in [0.4, 0.5) is 0 Å². The lowest BCUT2D eigenvalue weighted by atomic mass is 9.85. The Morgan fingerprint density at radius 1 is 1.43 bits per heavy atom. The van der Waals surface area contributed by atoms with Gasteiger partial charge in [0.2, 0.25) is 5.88 Å². The Kier molecular flexibility index (Phi) is 5.04. The summed E-state index contributed by atoms with van der Waals surface area (Å²) in [6.07, 6.45) is 5.97. The SMILES string of the molecule is CCC1CCCCC1Oc1nc(C)cc(C)c1C(N)=NO. The molecule has 2 rings (SSSR count). The average Bonchev–Trinajstić information content (AvgIpc) is 2.46. The van der Waals surface area contributed by atoms with Gasteiger partial charge in [-0.25, -0.2) is 4.98 Å². The van der Waals surface area contributed by atoms with Crippen LogP contribution in [0.3, 0.4) is 0 Å². The minimum Gasteiger partial charge on any atom is -0.474 e. The third-order valence-corrected chi connectivity index (χ3v) is 4.30. The van der Waals surface area contributed by atoms with Gasteiger partial charge in [-0.15, -0.1) is 0 Å². The number of hydrogen-bond acceptors (Lipinski definition) is 4. The predicted molar refractivity (Wildman–Crippen MR) is 82.9 cm³/mol. The van der Waals surface area contributed by atoms with E-state index in [1.54, 1.807) is 0 Å². The minimum atomic E-state index is 0.0545. The molecule has 2 unspecified atom stereocenters. The number of nitrogens with two attached hydrogens (primary N) is 1. The van der Waals surface area contributed by atoms with Gasteiger partial charge in [0, 0.05) is 5.69 Å². The molecule has 0 bridgehead atoms. The van der Waals surface area contributed by atoms with Crippen LogP contribution in [0.1, 0.15) is 55.8 Å². The second-order valence-corrected chi connectivity index (χ2v) is 5.86. The van der Waals surface area contributed by atoms with Gasteiger partial charge in [-0.2, -0.15) is 0 Å². The molecule has 0 amide bonds. The van der Waals surface area contributed by atoms with Gasteiger partial charge in [-0.1, -0.05) is 18.5 Å². The molecule has 5 nitrogen and oxygen atoms in total. The Morgan fingerprint density at radius 2 is 2.14 bits per heavy atom. The van der Waals surface area contributed by atoms with Crippen molar-refractivity contribution in [1.29, 1.82) is 0 Å². The second-order valence-electron chi connectivity index (χ2n) is 5.86.